The Balaban J connectivity index is 1.70. The molecule has 1 atom stereocenters. The van der Waals surface area contributed by atoms with Crippen LogP contribution in [0.15, 0.2) is 94.7 Å². The fourth-order valence-corrected chi connectivity index (χ4v) is 5.76. The summed E-state index contributed by atoms with van der Waals surface area (Å²) in [5.41, 5.74) is 5.39. The van der Waals surface area contributed by atoms with Crippen molar-refractivity contribution in [1.82, 2.24) is 4.57 Å². The maximum atomic E-state index is 2.46. The third kappa shape index (κ3) is 1.88. The second kappa shape index (κ2) is 5.39. The van der Waals surface area contributed by atoms with Crippen LogP contribution >= 0.6 is 11.8 Å². The summed E-state index contributed by atoms with van der Waals surface area (Å²) in [5.74, 6) is 0.496. The van der Waals surface area contributed by atoms with Crippen molar-refractivity contribution in [3.63, 3.8) is 0 Å². The van der Waals surface area contributed by atoms with E-state index in [1.54, 1.807) is 0 Å². The molecule has 124 valence electrons. The van der Waals surface area contributed by atoms with Crippen LogP contribution in [0.2, 0.25) is 0 Å². The SMILES string of the molecule is C1=CC(n2c3ccccc3c3ccccc32)=C2Sc3ccccc3C2C1. The zero-order valence-corrected chi connectivity index (χ0v) is 15.0. The highest BCUT2D eigenvalue weighted by Crippen LogP contribution is 2.54. The van der Waals surface area contributed by atoms with E-state index < -0.39 is 0 Å². The number of hydrogen-bond donors (Lipinski definition) is 0. The summed E-state index contributed by atoms with van der Waals surface area (Å²) in [6.45, 7) is 0. The summed E-state index contributed by atoms with van der Waals surface area (Å²) in [6.07, 6.45) is 5.76. The topological polar surface area (TPSA) is 4.93 Å². The Hall–Kier alpha value is -2.71. The first-order chi connectivity index (χ1) is 12.9. The molecule has 0 N–H and O–H groups in total. The van der Waals surface area contributed by atoms with Gasteiger partial charge in [0.25, 0.3) is 0 Å². The third-order valence-electron chi connectivity index (χ3n) is 5.55. The van der Waals surface area contributed by atoms with E-state index in [-0.39, 0.29) is 0 Å². The van der Waals surface area contributed by atoms with Gasteiger partial charge in [0.05, 0.1) is 16.7 Å². The van der Waals surface area contributed by atoms with Crippen LogP contribution < -0.4 is 0 Å². The number of aromatic nitrogens is 1. The summed E-state index contributed by atoms with van der Waals surface area (Å²) in [6, 6.07) is 26.4. The smallest absolute Gasteiger partial charge is 0.0563 e. The van der Waals surface area contributed by atoms with Crippen LogP contribution in [-0.2, 0) is 0 Å². The first-order valence-corrected chi connectivity index (χ1v) is 9.89. The Labute approximate surface area is 156 Å². The second-order valence-corrected chi connectivity index (χ2v) is 8.03. The van der Waals surface area contributed by atoms with Crippen molar-refractivity contribution in [2.75, 3.05) is 0 Å². The van der Waals surface area contributed by atoms with Gasteiger partial charge in [0.1, 0.15) is 0 Å². The number of thioether (sulfide) groups is 1. The lowest BCUT2D eigenvalue weighted by Crippen LogP contribution is -2.05. The van der Waals surface area contributed by atoms with Crippen LogP contribution in [0.5, 0.6) is 0 Å². The molecule has 1 aliphatic heterocycles. The average molecular weight is 351 g/mol. The minimum absolute atomic E-state index is 0.496. The van der Waals surface area contributed by atoms with E-state index in [1.807, 2.05) is 11.8 Å². The third-order valence-corrected chi connectivity index (χ3v) is 6.86. The quantitative estimate of drug-likeness (QED) is 0.364. The molecule has 0 bridgehead atoms. The van der Waals surface area contributed by atoms with Crippen molar-refractivity contribution in [3.8, 4) is 0 Å². The molecule has 1 unspecified atom stereocenters. The highest BCUT2D eigenvalue weighted by Gasteiger charge is 2.32. The van der Waals surface area contributed by atoms with Crippen LogP contribution in [0.25, 0.3) is 27.5 Å². The van der Waals surface area contributed by atoms with E-state index in [2.05, 4.69) is 89.5 Å². The van der Waals surface area contributed by atoms with Crippen molar-refractivity contribution in [3.05, 3.63) is 95.4 Å². The Morgan fingerprint density at radius 3 is 2.19 bits per heavy atom. The summed E-state index contributed by atoms with van der Waals surface area (Å²) in [4.78, 5) is 2.90. The molecule has 0 saturated carbocycles. The van der Waals surface area contributed by atoms with Gasteiger partial charge < -0.3 is 4.57 Å². The fraction of sp³-hybridized carbons (Fsp3) is 0.0833. The molecule has 2 aliphatic rings. The van der Waals surface area contributed by atoms with Crippen LogP contribution in [0.1, 0.15) is 17.9 Å². The van der Waals surface area contributed by atoms with Gasteiger partial charge in [0, 0.05) is 26.5 Å². The molecule has 4 aromatic rings. The van der Waals surface area contributed by atoms with E-state index in [0.717, 1.165) is 6.42 Å². The zero-order valence-electron chi connectivity index (χ0n) is 14.2. The maximum Gasteiger partial charge on any atom is 0.0563 e. The summed E-state index contributed by atoms with van der Waals surface area (Å²) < 4.78 is 2.46. The maximum absolute atomic E-state index is 2.46. The minimum atomic E-state index is 0.496. The van der Waals surface area contributed by atoms with Crippen molar-refractivity contribution in [1.29, 1.82) is 0 Å². The molecule has 0 amide bonds. The molecule has 1 aliphatic carbocycles. The fourth-order valence-electron chi connectivity index (χ4n) is 4.42. The number of rotatable bonds is 1. The summed E-state index contributed by atoms with van der Waals surface area (Å²) in [5, 5.41) is 2.65. The molecular weight excluding hydrogens is 334 g/mol. The highest BCUT2D eigenvalue weighted by molar-refractivity contribution is 8.03. The first-order valence-electron chi connectivity index (χ1n) is 9.08. The number of fused-ring (bicyclic) bond motifs is 6. The molecular formula is C24H17NS. The Kier molecular flexibility index (Phi) is 3.00. The van der Waals surface area contributed by atoms with Gasteiger partial charge in [-0.1, -0.05) is 72.4 Å². The van der Waals surface area contributed by atoms with Gasteiger partial charge in [-0.15, -0.1) is 0 Å². The Bertz CT molecular complexity index is 1190. The normalized spacial score (nSPS) is 18.5. The summed E-state index contributed by atoms with van der Waals surface area (Å²) in [7, 11) is 0. The number of nitrogens with zero attached hydrogens (tertiary/aromatic N) is 1. The molecule has 26 heavy (non-hydrogen) atoms. The van der Waals surface area contributed by atoms with Gasteiger partial charge in [-0.3, -0.25) is 0 Å². The predicted molar refractivity (Wildman–Crippen MR) is 111 cm³/mol. The van der Waals surface area contributed by atoms with Gasteiger partial charge >= 0.3 is 0 Å². The average Bonchev–Trinajstić information content (AvgIpc) is 3.24. The van der Waals surface area contributed by atoms with Gasteiger partial charge in [0.2, 0.25) is 0 Å². The van der Waals surface area contributed by atoms with Crippen LogP contribution in [0, 0.1) is 0 Å². The van der Waals surface area contributed by atoms with Crippen molar-refractivity contribution in [2.45, 2.75) is 17.2 Å². The van der Waals surface area contributed by atoms with Gasteiger partial charge in [-0.05, 0) is 36.3 Å². The Morgan fingerprint density at radius 2 is 1.42 bits per heavy atom. The molecule has 0 saturated heterocycles. The molecule has 3 aromatic carbocycles. The Morgan fingerprint density at radius 1 is 0.769 bits per heavy atom. The van der Waals surface area contributed by atoms with Gasteiger partial charge in [-0.25, -0.2) is 0 Å². The second-order valence-electron chi connectivity index (χ2n) is 6.95. The molecule has 2 heterocycles. The van der Waals surface area contributed by atoms with E-state index in [0.29, 0.717) is 5.92 Å². The summed E-state index contributed by atoms with van der Waals surface area (Å²) >= 11 is 1.95. The number of para-hydroxylation sites is 2. The van der Waals surface area contributed by atoms with Crippen LogP contribution in [0.4, 0.5) is 0 Å². The zero-order chi connectivity index (χ0) is 17.1. The number of allylic oxidation sites excluding steroid dienone is 4. The molecule has 0 fully saturated rings. The molecule has 6 rings (SSSR count). The largest absolute Gasteiger partial charge is 0.308 e. The lowest BCUT2D eigenvalue weighted by molar-refractivity contribution is 0.833. The molecule has 1 nitrogen and oxygen atoms in total. The number of benzene rings is 3. The van der Waals surface area contributed by atoms with Crippen molar-refractivity contribution >= 4 is 39.3 Å². The first kappa shape index (κ1) is 14.5. The lowest BCUT2D eigenvalue weighted by atomic mass is 9.91. The highest BCUT2D eigenvalue weighted by atomic mass is 32.2. The molecule has 2 heteroatoms. The number of hydrogen-bond acceptors (Lipinski definition) is 1. The van der Waals surface area contributed by atoms with E-state index >= 15 is 0 Å². The van der Waals surface area contributed by atoms with Gasteiger partial charge in [0.15, 0.2) is 0 Å². The van der Waals surface area contributed by atoms with Crippen LogP contribution in [-0.4, -0.2) is 4.57 Å². The standard InChI is InChI=1S/C24H17NS/c1-4-12-20-16(8-1)17-9-2-5-13-21(17)25(20)22-14-7-11-19-18-10-3-6-15-23(18)26-24(19)22/h1-10,12-15,19H,11H2. The van der Waals surface area contributed by atoms with Gasteiger partial charge in [-0.2, -0.15) is 0 Å². The lowest BCUT2D eigenvalue weighted by Gasteiger charge is -2.21. The molecule has 1 aromatic heterocycles. The van der Waals surface area contributed by atoms with E-state index in [9.17, 15) is 0 Å². The minimum Gasteiger partial charge on any atom is -0.308 e. The molecule has 0 radical (unpaired) electrons. The molecule has 0 spiro atoms. The van der Waals surface area contributed by atoms with Crippen molar-refractivity contribution < 1.29 is 0 Å². The van der Waals surface area contributed by atoms with Crippen molar-refractivity contribution in [2.24, 2.45) is 0 Å². The predicted octanol–water partition coefficient (Wildman–Crippen LogP) is 6.81. The van der Waals surface area contributed by atoms with E-state index in [1.165, 1.54) is 42.9 Å². The monoisotopic (exact) mass is 351 g/mol. The van der Waals surface area contributed by atoms with Crippen LogP contribution in [0.3, 0.4) is 0 Å². The van der Waals surface area contributed by atoms with E-state index in [4.69, 9.17) is 0 Å².